The lowest BCUT2D eigenvalue weighted by molar-refractivity contribution is -0.155. The van der Waals surface area contributed by atoms with Crippen molar-refractivity contribution in [3.05, 3.63) is 59.0 Å². The number of carbonyl (C=O) groups is 3. The standard InChI is InChI=1S/C32H38F4N4O5S/c1-5-6-7-8-9-10-12-22-14-15-24(17-25(22)32(34,35)36)40(30-38-26(28(33)46-30)23-13-11-16-37-18-23)31(44)45-19-39(21(4)41)27(20(2)3)29(42)43/h11,13-18,20,27H,5-10,12,19H2,1-4H3,(H,42,43). The van der Waals surface area contributed by atoms with Crippen LogP contribution in [0.1, 0.15) is 77.3 Å². The molecule has 0 fully saturated rings. The number of ether oxygens (including phenoxy) is 1. The molecule has 1 atom stereocenters. The highest BCUT2D eigenvalue weighted by atomic mass is 32.1. The Bertz CT molecular complexity index is 1480. The molecule has 0 aliphatic carbocycles. The summed E-state index contributed by atoms with van der Waals surface area (Å²) >= 11 is 0.402. The smallest absolute Gasteiger partial charge is 0.422 e. The number of benzene rings is 1. The number of aryl methyl sites for hydroxylation is 1. The molecule has 1 N–H and O–H groups in total. The summed E-state index contributed by atoms with van der Waals surface area (Å²) in [7, 11) is 0. The maximum absolute atomic E-state index is 15.2. The number of unbranched alkanes of at least 4 members (excludes halogenated alkanes) is 5. The number of alkyl halides is 3. The summed E-state index contributed by atoms with van der Waals surface area (Å²) in [5.74, 6) is -2.62. The molecule has 3 aromatic rings. The van der Waals surface area contributed by atoms with Gasteiger partial charge >= 0.3 is 18.2 Å². The fraction of sp³-hybridized carbons (Fsp3) is 0.469. The molecule has 9 nitrogen and oxygen atoms in total. The number of carboxylic acids is 1. The van der Waals surface area contributed by atoms with Crippen molar-refractivity contribution in [3.8, 4) is 11.3 Å². The van der Waals surface area contributed by atoms with Gasteiger partial charge in [0.1, 0.15) is 11.7 Å². The number of thiazole rings is 1. The number of carbonyl (C=O) groups excluding carboxylic acids is 2. The average Bonchev–Trinajstić information content (AvgIpc) is 3.37. The van der Waals surface area contributed by atoms with E-state index in [2.05, 4.69) is 16.9 Å². The summed E-state index contributed by atoms with van der Waals surface area (Å²) in [6.07, 6.45) is 2.27. The molecule has 14 heteroatoms. The monoisotopic (exact) mass is 666 g/mol. The molecular formula is C32H38F4N4O5S. The number of amides is 2. The number of aliphatic carboxylic acids is 1. The number of pyridine rings is 1. The van der Waals surface area contributed by atoms with Gasteiger partial charge in [-0.1, -0.05) is 70.3 Å². The first kappa shape index (κ1) is 36.4. The van der Waals surface area contributed by atoms with Crippen LogP contribution in [0.25, 0.3) is 11.3 Å². The van der Waals surface area contributed by atoms with Crippen molar-refractivity contribution >= 4 is 40.1 Å². The van der Waals surface area contributed by atoms with Crippen molar-refractivity contribution < 1.29 is 41.8 Å². The quantitative estimate of drug-likeness (QED) is 0.0984. The summed E-state index contributed by atoms with van der Waals surface area (Å²) < 4.78 is 63.5. The Hall–Kier alpha value is -4.07. The van der Waals surface area contributed by atoms with E-state index >= 15 is 4.39 Å². The normalized spacial score (nSPS) is 12.2. The molecule has 46 heavy (non-hydrogen) atoms. The third-order valence-electron chi connectivity index (χ3n) is 7.29. The van der Waals surface area contributed by atoms with Crippen LogP contribution in [-0.4, -0.2) is 50.7 Å². The number of hydrogen-bond donors (Lipinski definition) is 1. The molecule has 1 unspecified atom stereocenters. The zero-order chi connectivity index (χ0) is 34.0. The molecule has 0 radical (unpaired) electrons. The Morgan fingerprint density at radius 1 is 1.07 bits per heavy atom. The van der Waals surface area contributed by atoms with Gasteiger partial charge in [-0.05, 0) is 48.6 Å². The molecule has 2 heterocycles. The van der Waals surface area contributed by atoms with Crippen molar-refractivity contribution in [1.29, 1.82) is 0 Å². The number of carboxylic acid groups (broad SMARTS) is 1. The number of nitrogens with zero attached hydrogens (tertiary/aromatic N) is 4. The van der Waals surface area contributed by atoms with E-state index in [1.807, 2.05) is 0 Å². The molecule has 0 saturated heterocycles. The van der Waals surface area contributed by atoms with Gasteiger partial charge in [0.2, 0.25) is 16.2 Å². The number of aromatic nitrogens is 2. The van der Waals surface area contributed by atoms with Crippen LogP contribution in [0.2, 0.25) is 0 Å². The Morgan fingerprint density at radius 2 is 1.76 bits per heavy atom. The molecule has 0 bridgehead atoms. The Kier molecular flexibility index (Phi) is 13.0. The van der Waals surface area contributed by atoms with Gasteiger partial charge < -0.3 is 9.84 Å². The molecule has 2 aromatic heterocycles. The van der Waals surface area contributed by atoms with E-state index in [-0.39, 0.29) is 34.1 Å². The van der Waals surface area contributed by atoms with E-state index in [0.717, 1.165) is 50.0 Å². The number of rotatable bonds is 15. The van der Waals surface area contributed by atoms with E-state index < -0.39 is 53.5 Å². The van der Waals surface area contributed by atoms with Crippen molar-refractivity contribution in [2.75, 3.05) is 11.6 Å². The lowest BCUT2D eigenvalue weighted by Crippen LogP contribution is -2.49. The lowest BCUT2D eigenvalue weighted by atomic mass is 9.99. The SMILES string of the molecule is CCCCCCCCc1ccc(N(C(=O)OCN(C(C)=O)C(C(=O)O)C(C)C)c2nc(-c3cccnc3)c(F)s2)cc1C(F)(F)F. The number of halogens is 4. The first-order valence-corrected chi connectivity index (χ1v) is 15.8. The van der Waals surface area contributed by atoms with Crippen LogP contribution >= 0.6 is 11.3 Å². The predicted octanol–water partition coefficient (Wildman–Crippen LogP) is 8.46. The van der Waals surface area contributed by atoms with Crippen molar-refractivity contribution in [3.63, 3.8) is 0 Å². The van der Waals surface area contributed by atoms with Gasteiger partial charge in [-0.25, -0.2) is 19.5 Å². The topological polar surface area (TPSA) is 113 Å². The van der Waals surface area contributed by atoms with Crippen molar-refractivity contribution in [1.82, 2.24) is 14.9 Å². The second-order valence-electron chi connectivity index (χ2n) is 11.1. The first-order chi connectivity index (χ1) is 21.8. The summed E-state index contributed by atoms with van der Waals surface area (Å²) in [6.45, 7) is 5.47. The van der Waals surface area contributed by atoms with Crippen molar-refractivity contribution in [2.45, 2.75) is 84.9 Å². The zero-order valence-corrected chi connectivity index (χ0v) is 27.0. The van der Waals surface area contributed by atoms with E-state index in [4.69, 9.17) is 4.74 Å². The maximum atomic E-state index is 15.2. The van der Waals surface area contributed by atoms with Crippen LogP contribution in [0.15, 0.2) is 42.7 Å². The Balaban J connectivity index is 2.03. The van der Waals surface area contributed by atoms with E-state index in [1.165, 1.54) is 30.6 Å². The lowest BCUT2D eigenvalue weighted by Gasteiger charge is -2.30. The Labute approximate surface area is 269 Å². The van der Waals surface area contributed by atoms with Gasteiger partial charge in [0.25, 0.3) is 0 Å². The zero-order valence-electron chi connectivity index (χ0n) is 26.1. The first-order valence-electron chi connectivity index (χ1n) is 15.0. The van der Waals surface area contributed by atoms with E-state index in [1.54, 1.807) is 19.9 Å². The molecule has 0 spiro atoms. The van der Waals surface area contributed by atoms with Gasteiger partial charge in [0.05, 0.1) is 11.3 Å². The van der Waals surface area contributed by atoms with Gasteiger partial charge in [0.15, 0.2) is 6.73 Å². The third kappa shape index (κ3) is 9.47. The van der Waals surface area contributed by atoms with Crippen LogP contribution in [0.3, 0.4) is 0 Å². The van der Waals surface area contributed by atoms with Gasteiger partial charge in [-0.15, -0.1) is 0 Å². The molecule has 0 aliphatic rings. The predicted molar refractivity (Wildman–Crippen MR) is 166 cm³/mol. The van der Waals surface area contributed by atoms with Crippen LogP contribution in [0, 0.1) is 11.0 Å². The summed E-state index contributed by atoms with van der Waals surface area (Å²) in [5, 5.41) is 8.51. The number of anilines is 2. The highest BCUT2D eigenvalue weighted by molar-refractivity contribution is 7.14. The number of hydrogen-bond acceptors (Lipinski definition) is 7. The molecule has 2 amide bonds. The molecular weight excluding hydrogens is 628 g/mol. The summed E-state index contributed by atoms with van der Waals surface area (Å²) in [5.41, 5.74) is -1.13. The van der Waals surface area contributed by atoms with Gasteiger partial charge in [-0.3, -0.25) is 14.7 Å². The molecule has 0 aliphatic heterocycles. The molecule has 0 saturated carbocycles. The highest BCUT2D eigenvalue weighted by Gasteiger charge is 2.36. The Morgan fingerprint density at radius 3 is 2.35 bits per heavy atom. The second-order valence-corrected chi connectivity index (χ2v) is 12.0. The fourth-order valence-electron chi connectivity index (χ4n) is 4.98. The van der Waals surface area contributed by atoms with Crippen LogP contribution < -0.4 is 4.90 Å². The fourth-order valence-corrected chi connectivity index (χ4v) is 5.81. The molecule has 1 aromatic carbocycles. The minimum atomic E-state index is -4.77. The summed E-state index contributed by atoms with van der Waals surface area (Å²) in [4.78, 5) is 47.5. The highest BCUT2D eigenvalue weighted by Crippen LogP contribution is 2.40. The van der Waals surface area contributed by atoms with Gasteiger partial charge in [-0.2, -0.15) is 17.6 Å². The van der Waals surface area contributed by atoms with E-state index in [0.29, 0.717) is 22.7 Å². The molecule has 250 valence electrons. The average molecular weight is 667 g/mol. The van der Waals surface area contributed by atoms with Crippen LogP contribution in [0.4, 0.5) is 33.2 Å². The van der Waals surface area contributed by atoms with Crippen LogP contribution in [-0.2, 0) is 26.9 Å². The maximum Gasteiger partial charge on any atom is 0.422 e. The van der Waals surface area contributed by atoms with Crippen molar-refractivity contribution in [2.24, 2.45) is 5.92 Å². The van der Waals surface area contributed by atoms with E-state index in [9.17, 15) is 32.7 Å². The van der Waals surface area contributed by atoms with Crippen LogP contribution in [0.5, 0.6) is 0 Å². The second kappa shape index (κ2) is 16.5. The minimum absolute atomic E-state index is 0.0467. The van der Waals surface area contributed by atoms with Gasteiger partial charge in [0, 0.05) is 24.9 Å². The minimum Gasteiger partial charge on any atom is -0.480 e. The largest absolute Gasteiger partial charge is 0.480 e. The third-order valence-corrected chi connectivity index (χ3v) is 8.12. The summed E-state index contributed by atoms with van der Waals surface area (Å²) in [6, 6.07) is 5.07. The molecule has 3 rings (SSSR count).